The maximum atomic E-state index is 14.2. The van der Waals surface area contributed by atoms with Crippen molar-refractivity contribution in [2.75, 3.05) is 18.0 Å². The molecule has 5 rings (SSSR count). The Morgan fingerprint density at radius 3 is 2.33 bits per heavy atom. The third-order valence-electron chi connectivity index (χ3n) is 6.59. The molecule has 1 fully saturated rings. The number of amides is 1. The number of likely N-dealkylation sites (tertiary alicyclic amines) is 1. The Balaban J connectivity index is 1.65. The highest BCUT2D eigenvalue weighted by molar-refractivity contribution is 6.09. The standard InChI is InChI=1S/C27H26N2O/c1-2-18-28-19-17-27(25(28)22-13-7-4-8-14-22)23-15-9-10-16-24(23)29(26(27)30)20-21-11-5-3-6-12-21/h2-16,25H,1,17-20H2/t25-,27-/m1/s1. The number of hydrogen-bond acceptors (Lipinski definition) is 2. The normalized spacial score (nSPS) is 23.1. The first-order valence-corrected chi connectivity index (χ1v) is 10.6. The van der Waals surface area contributed by atoms with E-state index in [0.717, 1.165) is 36.3 Å². The average Bonchev–Trinajstić information content (AvgIpc) is 3.28. The first-order chi connectivity index (χ1) is 14.8. The third kappa shape index (κ3) is 2.81. The fourth-order valence-electron chi connectivity index (χ4n) is 5.37. The van der Waals surface area contributed by atoms with Gasteiger partial charge >= 0.3 is 0 Å². The predicted molar refractivity (Wildman–Crippen MR) is 121 cm³/mol. The van der Waals surface area contributed by atoms with E-state index in [4.69, 9.17) is 0 Å². The van der Waals surface area contributed by atoms with E-state index in [1.54, 1.807) is 0 Å². The second kappa shape index (κ2) is 7.58. The van der Waals surface area contributed by atoms with Crippen LogP contribution in [0.2, 0.25) is 0 Å². The topological polar surface area (TPSA) is 23.6 Å². The van der Waals surface area contributed by atoms with Crippen LogP contribution in [-0.4, -0.2) is 23.9 Å². The lowest BCUT2D eigenvalue weighted by atomic mass is 9.72. The molecule has 0 unspecified atom stereocenters. The molecule has 1 amide bonds. The van der Waals surface area contributed by atoms with Crippen LogP contribution in [0.4, 0.5) is 5.69 Å². The summed E-state index contributed by atoms with van der Waals surface area (Å²) >= 11 is 0. The lowest BCUT2D eigenvalue weighted by Gasteiger charge is -2.35. The van der Waals surface area contributed by atoms with Crippen LogP contribution in [0.1, 0.15) is 29.2 Å². The molecule has 0 saturated carbocycles. The summed E-state index contributed by atoms with van der Waals surface area (Å²) in [5, 5.41) is 0. The van der Waals surface area contributed by atoms with Gasteiger partial charge in [-0.2, -0.15) is 0 Å². The number of nitrogens with zero attached hydrogens (tertiary/aromatic N) is 2. The van der Waals surface area contributed by atoms with Crippen molar-refractivity contribution in [2.24, 2.45) is 0 Å². The van der Waals surface area contributed by atoms with Crippen LogP contribution < -0.4 is 4.90 Å². The van der Waals surface area contributed by atoms with Crippen LogP contribution in [0.3, 0.4) is 0 Å². The lowest BCUT2D eigenvalue weighted by molar-refractivity contribution is -0.124. The Morgan fingerprint density at radius 1 is 0.933 bits per heavy atom. The first-order valence-electron chi connectivity index (χ1n) is 10.6. The monoisotopic (exact) mass is 394 g/mol. The summed E-state index contributed by atoms with van der Waals surface area (Å²) in [4.78, 5) is 18.6. The Morgan fingerprint density at radius 2 is 1.60 bits per heavy atom. The highest BCUT2D eigenvalue weighted by Gasteiger charge is 2.60. The van der Waals surface area contributed by atoms with Gasteiger partial charge < -0.3 is 4.90 Å². The van der Waals surface area contributed by atoms with E-state index >= 15 is 0 Å². The summed E-state index contributed by atoms with van der Waals surface area (Å²) in [6.07, 6.45) is 2.77. The molecule has 1 saturated heterocycles. The zero-order chi connectivity index (χ0) is 20.6. The van der Waals surface area contributed by atoms with Gasteiger partial charge in [-0.05, 0) is 29.2 Å². The number of hydrogen-bond donors (Lipinski definition) is 0. The summed E-state index contributed by atoms with van der Waals surface area (Å²) in [6.45, 7) is 6.22. The number of benzene rings is 3. The van der Waals surface area contributed by atoms with Crippen LogP contribution in [-0.2, 0) is 16.8 Å². The number of fused-ring (bicyclic) bond motifs is 2. The Hall–Kier alpha value is -3.17. The molecule has 1 spiro atoms. The van der Waals surface area contributed by atoms with Gasteiger partial charge in [-0.1, -0.05) is 84.9 Å². The van der Waals surface area contributed by atoms with Gasteiger partial charge in [0.1, 0.15) is 0 Å². The van der Waals surface area contributed by atoms with Crippen molar-refractivity contribution in [3.63, 3.8) is 0 Å². The fraction of sp³-hybridized carbons (Fsp3) is 0.222. The Bertz CT molecular complexity index is 1060. The molecular formula is C27H26N2O. The number of carbonyl (C=O) groups is 1. The van der Waals surface area contributed by atoms with Crippen LogP contribution in [0, 0.1) is 0 Å². The van der Waals surface area contributed by atoms with Crippen molar-refractivity contribution in [3.05, 3.63) is 114 Å². The minimum absolute atomic E-state index is 0.00567. The number of rotatable bonds is 5. The van der Waals surface area contributed by atoms with Crippen LogP contribution in [0.25, 0.3) is 0 Å². The van der Waals surface area contributed by atoms with Crippen molar-refractivity contribution >= 4 is 11.6 Å². The van der Waals surface area contributed by atoms with Gasteiger partial charge in [0.2, 0.25) is 5.91 Å². The van der Waals surface area contributed by atoms with E-state index in [0.29, 0.717) is 6.54 Å². The van der Waals surface area contributed by atoms with Gasteiger partial charge in [0.15, 0.2) is 0 Å². The van der Waals surface area contributed by atoms with E-state index in [2.05, 4.69) is 66.1 Å². The molecule has 0 aliphatic carbocycles. The summed E-state index contributed by atoms with van der Waals surface area (Å²) in [5.74, 6) is 0.216. The van der Waals surface area contributed by atoms with E-state index < -0.39 is 5.41 Å². The van der Waals surface area contributed by atoms with Crippen molar-refractivity contribution < 1.29 is 4.79 Å². The second-order valence-corrected chi connectivity index (χ2v) is 8.21. The molecule has 30 heavy (non-hydrogen) atoms. The maximum Gasteiger partial charge on any atom is 0.240 e. The molecule has 2 atom stereocenters. The minimum Gasteiger partial charge on any atom is -0.307 e. The number of para-hydroxylation sites is 1. The van der Waals surface area contributed by atoms with Gasteiger partial charge in [-0.25, -0.2) is 0 Å². The number of anilines is 1. The molecule has 2 aliphatic rings. The van der Waals surface area contributed by atoms with Crippen molar-refractivity contribution in [1.82, 2.24) is 4.90 Å². The predicted octanol–water partition coefficient (Wildman–Crippen LogP) is 5.10. The largest absolute Gasteiger partial charge is 0.307 e. The first kappa shape index (κ1) is 18.8. The highest BCUT2D eigenvalue weighted by atomic mass is 16.2. The van der Waals surface area contributed by atoms with Gasteiger partial charge in [-0.3, -0.25) is 9.69 Å². The molecule has 2 heterocycles. The molecule has 0 radical (unpaired) electrons. The zero-order valence-corrected chi connectivity index (χ0v) is 17.1. The van der Waals surface area contributed by atoms with Crippen molar-refractivity contribution in [3.8, 4) is 0 Å². The zero-order valence-electron chi connectivity index (χ0n) is 17.1. The molecule has 0 N–H and O–H groups in total. The maximum absolute atomic E-state index is 14.2. The van der Waals surface area contributed by atoms with Gasteiger partial charge in [0, 0.05) is 18.8 Å². The van der Waals surface area contributed by atoms with Crippen molar-refractivity contribution in [2.45, 2.75) is 24.4 Å². The SMILES string of the molecule is C=CCN1CC[C@]2(C(=O)N(Cc3ccccc3)c3ccccc32)[C@H]1c1ccccc1. The smallest absolute Gasteiger partial charge is 0.240 e. The molecule has 0 aromatic heterocycles. The fourth-order valence-corrected chi connectivity index (χ4v) is 5.37. The molecule has 3 heteroatoms. The van der Waals surface area contributed by atoms with Gasteiger partial charge in [-0.15, -0.1) is 6.58 Å². The molecule has 0 bridgehead atoms. The molecular weight excluding hydrogens is 368 g/mol. The molecule has 150 valence electrons. The van der Waals surface area contributed by atoms with Gasteiger partial charge in [0.05, 0.1) is 18.0 Å². The number of carbonyl (C=O) groups excluding carboxylic acids is 1. The highest BCUT2D eigenvalue weighted by Crippen LogP contribution is 2.56. The molecule has 3 nitrogen and oxygen atoms in total. The van der Waals surface area contributed by atoms with E-state index in [9.17, 15) is 4.79 Å². The summed E-state index contributed by atoms with van der Waals surface area (Å²) in [6, 6.07) is 29.1. The van der Waals surface area contributed by atoms with E-state index in [1.165, 1.54) is 5.56 Å². The Labute approximate surface area is 178 Å². The summed E-state index contributed by atoms with van der Waals surface area (Å²) in [7, 11) is 0. The average molecular weight is 395 g/mol. The van der Waals surface area contributed by atoms with Gasteiger partial charge in [0.25, 0.3) is 0 Å². The summed E-state index contributed by atoms with van der Waals surface area (Å²) in [5.41, 5.74) is 3.99. The third-order valence-corrected chi connectivity index (χ3v) is 6.59. The molecule has 2 aliphatic heterocycles. The quantitative estimate of drug-likeness (QED) is 0.562. The second-order valence-electron chi connectivity index (χ2n) is 8.21. The van der Waals surface area contributed by atoms with Crippen LogP contribution in [0.15, 0.2) is 97.6 Å². The Kier molecular flexibility index (Phi) is 4.76. The van der Waals surface area contributed by atoms with Crippen LogP contribution in [0.5, 0.6) is 0 Å². The minimum atomic E-state index is -0.560. The van der Waals surface area contributed by atoms with Crippen molar-refractivity contribution in [1.29, 1.82) is 0 Å². The van der Waals surface area contributed by atoms with Crippen LogP contribution >= 0.6 is 0 Å². The van der Waals surface area contributed by atoms with E-state index in [-0.39, 0.29) is 11.9 Å². The molecule has 3 aromatic rings. The molecule has 3 aromatic carbocycles. The van der Waals surface area contributed by atoms with E-state index in [1.807, 2.05) is 41.3 Å². The summed E-state index contributed by atoms with van der Waals surface area (Å²) < 4.78 is 0. The lowest BCUT2D eigenvalue weighted by Crippen LogP contribution is -2.44.